The van der Waals surface area contributed by atoms with Crippen LogP contribution < -0.4 is 10.2 Å². The number of aromatic nitrogens is 3. The van der Waals surface area contributed by atoms with Crippen LogP contribution in [0.3, 0.4) is 0 Å². The Hall–Kier alpha value is -2.55. The number of fused-ring (bicyclic) bond motifs is 1. The van der Waals surface area contributed by atoms with Crippen LogP contribution in [0.1, 0.15) is 53.2 Å². The molecule has 1 fully saturated rings. The average Bonchev–Trinajstić information content (AvgIpc) is 3.39. The molecule has 1 atom stereocenters. The molecule has 1 unspecified atom stereocenters. The van der Waals surface area contributed by atoms with Crippen LogP contribution >= 0.6 is 11.3 Å². The first-order valence-electron chi connectivity index (χ1n) is 9.22. The molecule has 3 heterocycles. The number of carbonyl (C=O) groups excluding carboxylic acids is 2. The lowest BCUT2D eigenvalue weighted by atomic mass is 10.1. The zero-order valence-electron chi connectivity index (χ0n) is 15.1. The van der Waals surface area contributed by atoms with Crippen LogP contribution in [-0.2, 0) is 16.0 Å². The molecule has 1 amide bonds. The van der Waals surface area contributed by atoms with Crippen molar-refractivity contribution in [1.29, 1.82) is 0 Å². The van der Waals surface area contributed by atoms with Gasteiger partial charge in [0.05, 0.1) is 12.3 Å². The van der Waals surface area contributed by atoms with Crippen molar-refractivity contribution < 1.29 is 14.3 Å². The Morgan fingerprint density at radius 3 is 2.81 bits per heavy atom. The number of rotatable bonds is 5. The van der Waals surface area contributed by atoms with Gasteiger partial charge in [0.1, 0.15) is 5.92 Å². The molecule has 0 aromatic carbocycles. The average molecular weight is 387 g/mol. The second-order valence-corrected chi connectivity index (χ2v) is 7.68. The van der Waals surface area contributed by atoms with E-state index in [2.05, 4.69) is 25.4 Å². The van der Waals surface area contributed by atoms with E-state index in [0.29, 0.717) is 18.2 Å². The highest BCUT2D eigenvalue weighted by Gasteiger charge is 2.33. The molecule has 142 valence electrons. The maximum Gasteiger partial charge on any atom is 0.315 e. The van der Waals surface area contributed by atoms with Gasteiger partial charge in [0.15, 0.2) is 16.6 Å². The fourth-order valence-corrected chi connectivity index (χ4v) is 4.51. The largest absolute Gasteiger partial charge is 0.465 e. The lowest BCUT2D eigenvalue weighted by Gasteiger charge is -2.15. The number of nitrogens with zero attached hydrogens (tertiary/aromatic N) is 4. The van der Waals surface area contributed by atoms with Gasteiger partial charge in [-0.05, 0) is 44.7 Å². The Kier molecular flexibility index (Phi) is 5.02. The molecule has 1 aliphatic carbocycles. The summed E-state index contributed by atoms with van der Waals surface area (Å²) in [5.74, 6) is -0.130. The summed E-state index contributed by atoms with van der Waals surface area (Å²) < 4.78 is 5.11. The van der Waals surface area contributed by atoms with Crippen LogP contribution in [0.25, 0.3) is 0 Å². The Morgan fingerprint density at radius 2 is 2.11 bits per heavy atom. The van der Waals surface area contributed by atoms with Gasteiger partial charge in [-0.3, -0.25) is 14.9 Å². The van der Waals surface area contributed by atoms with Crippen LogP contribution in [0.4, 0.5) is 10.9 Å². The standard InChI is InChI=1S/C18H21N5O3S/c1-2-26-17(25)11-5-7-13-15(11)19-18(27-13)20-16(24)12-6-8-14(22-21-12)23-9-3-4-10-23/h6,8,11H,2-5,7,9-10H2,1H3,(H,19,20,24). The van der Waals surface area contributed by atoms with Gasteiger partial charge in [0, 0.05) is 18.0 Å². The molecule has 8 nitrogen and oxygen atoms in total. The molecule has 2 aliphatic rings. The number of anilines is 2. The lowest BCUT2D eigenvalue weighted by molar-refractivity contribution is -0.145. The number of amides is 1. The van der Waals surface area contributed by atoms with Crippen LogP contribution in [0.2, 0.25) is 0 Å². The first-order valence-corrected chi connectivity index (χ1v) is 10.0. The van der Waals surface area contributed by atoms with Gasteiger partial charge in [-0.25, -0.2) is 4.98 Å². The number of ether oxygens (including phenoxy) is 1. The molecule has 2 aromatic rings. The van der Waals surface area contributed by atoms with Crippen LogP contribution in [0.5, 0.6) is 0 Å². The van der Waals surface area contributed by atoms with Crippen molar-refractivity contribution in [3.05, 3.63) is 28.4 Å². The minimum Gasteiger partial charge on any atom is -0.465 e. The third-order valence-corrected chi connectivity index (χ3v) is 5.87. The highest BCUT2D eigenvalue weighted by molar-refractivity contribution is 7.16. The van der Waals surface area contributed by atoms with Gasteiger partial charge in [0.2, 0.25) is 0 Å². The first kappa shape index (κ1) is 17.8. The Morgan fingerprint density at radius 1 is 1.30 bits per heavy atom. The van der Waals surface area contributed by atoms with Crippen LogP contribution in [0, 0.1) is 0 Å². The molecule has 0 radical (unpaired) electrons. The summed E-state index contributed by atoms with van der Waals surface area (Å²) >= 11 is 1.40. The summed E-state index contributed by atoms with van der Waals surface area (Å²) in [6.45, 7) is 4.10. The van der Waals surface area contributed by atoms with Crippen molar-refractivity contribution in [3.63, 3.8) is 0 Å². The second-order valence-electron chi connectivity index (χ2n) is 6.60. The molecule has 9 heteroatoms. The van der Waals surface area contributed by atoms with Crippen molar-refractivity contribution in [3.8, 4) is 0 Å². The minimum absolute atomic E-state index is 0.246. The minimum atomic E-state index is -0.351. The molecule has 1 N–H and O–H groups in total. The van der Waals surface area contributed by atoms with E-state index < -0.39 is 0 Å². The van der Waals surface area contributed by atoms with Crippen LogP contribution in [-0.4, -0.2) is 46.8 Å². The molecule has 0 saturated carbocycles. The van der Waals surface area contributed by atoms with E-state index in [1.165, 1.54) is 11.3 Å². The zero-order valence-corrected chi connectivity index (χ0v) is 15.9. The van der Waals surface area contributed by atoms with E-state index in [4.69, 9.17) is 4.74 Å². The molecule has 0 bridgehead atoms. The summed E-state index contributed by atoms with van der Waals surface area (Å²) in [5, 5.41) is 11.5. The predicted octanol–water partition coefficient (Wildman–Crippen LogP) is 2.38. The van der Waals surface area contributed by atoms with Crippen molar-refractivity contribution in [1.82, 2.24) is 15.2 Å². The van der Waals surface area contributed by atoms with E-state index in [-0.39, 0.29) is 23.5 Å². The lowest BCUT2D eigenvalue weighted by Crippen LogP contribution is -2.21. The molecule has 27 heavy (non-hydrogen) atoms. The van der Waals surface area contributed by atoms with Crippen molar-refractivity contribution in [2.75, 3.05) is 29.9 Å². The highest BCUT2D eigenvalue weighted by atomic mass is 32.1. The first-order chi connectivity index (χ1) is 13.2. The highest BCUT2D eigenvalue weighted by Crippen LogP contribution is 2.39. The van der Waals surface area contributed by atoms with E-state index in [0.717, 1.165) is 48.7 Å². The molecule has 1 saturated heterocycles. The second kappa shape index (κ2) is 7.59. The molecular formula is C18H21N5O3S. The topological polar surface area (TPSA) is 97.3 Å². The summed E-state index contributed by atoms with van der Waals surface area (Å²) in [5.41, 5.74) is 0.972. The van der Waals surface area contributed by atoms with Crippen molar-refractivity contribution in [2.24, 2.45) is 0 Å². The summed E-state index contributed by atoms with van der Waals surface area (Å²) in [6.07, 6.45) is 3.80. The maximum absolute atomic E-state index is 12.4. The number of esters is 1. The predicted molar refractivity (Wildman–Crippen MR) is 101 cm³/mol. The molecule has 1 aliphatic heterocycles. The summed E-state index contributed by atoms with van der Waals surface area (Å²) in [7, 11) is 0. The van der Waals surface area contributed by atoms with E-state index >= 15 is 0 Å². The zero-order chi connectivity index (χ0) is 18.8. The SMILES string of the molecule is CCOC(=O)C1CCc2sc(NC(=O)c3ccc(N4CCCC4)nn3)nc21. The maximum atomic E-state index is 12.4. The quantitative estimate of drug-likeness (QED) is 0.787. The normalized spacial score (nSPS) is 18.4. The molecule has 2 aromatic heterocycles. The number of hydrogen-bond donors (Lipinski definition) is 1. The van der Waals surface area contributed by atoms with Crippen molar-refractivity contribution >= 4 is 34.2 Å². The third-order valence-electron chi connectivity index (χ3n) is 4.82. The fraction of sp³-hybridized carbons (Fsp3) is 0.500. The smallest absolute Gasteiger partial charge is 0.315 e. The number of nitrogens with one attached hydrogen (secondary N) is 1. The van der Waals surface area contributed by atoms with Gasteiger partial charge in [0.25, 0.3) is 5.91 Å². The number of carbonyl (C=O) groups is 2. The molecular weight excluding hydrogens is 366 g/mol. The molecule has 4 rings (SSSR count). The number of thiazole rings is 1. The number of aryl methyl sites for hydroxylation is 1. The van der Waals surface area contributed by atoms with Gasteiger partial charge >= 0.3 is 5.97 Å². The summed E-state index contributed by atoms with van der Waals surface area (Å²) in [4.78, 5) is 32.1. The monoisotopic (exact) mass is 387 g/mol. The number of hydrogen-bond acceptors (Lipinski definition) is 8. The van der Waals surface area contributed by atoms with Crippen LogP contribution in [0.15, 0.2) is 12.1 Å². The van der Waals surface area contributed by atoms with Gasteiger partial charge in [-0.2, -0.15) is 0 Å². The van der Waals surface area contributed by atoms with E-state index in [1.807, 2.05) is 6.07 Å². The van der Waals surface area contributed by atoms with Crippen molar-refractivity contribution in [2.45, 2.75) is 38.5 Å². The Bertz CT molecular complexity index is 845. The molecule has 0 spiro atoms. The van der Waals surface area contributed by atoms with Gasteiger partial charge in [-0.1, -0.05) is 0 Å². The van der Waals surface area contributed by atoms with E-state index in [1.54, 1.807) is 13.0 Å². The van der Waals surface area contributed by atoms with E-state index in [9.17, 15) is 9.59 Å². The van der Waals surface area contributed by atoms with Gasteiger partial charge in [-0.15, -0.1) is 21.5 Å². The Balaban J connectivity index is 1.43. The van der Waals surface area contributed by atoms with Gasteiger partial charge < -0.3 is 9.64 Å². The third kappa shape index (κ3) is 3.64. The summed E-state index contributed by atoms with van der Waals surface area (Å²) in [6, 6.07) is 3.50. The Labute approximate surface area is 161 Å². The fourth-order valence-electron chi connectivity index (χ4n) is 3.48.